The highest BCUT2D eigenvalue weighted by atomic mass is 35.5. The maximum absolute atomic E-state index is 12.3. The van der Waals surface area contributed by atoms with Crippen LogP contribution < -0.4 is 10.2 Å². The first-order valence-electron chi connectivity index (χ1n) is 8.39. The molecule has 1 fully saturated rings. The molecule has 2 aromatic rings. The Morgan fingerprint density at radius 1 is 1.07 bits per heavy atom. The van der Waals surface area contributed by atoms with Gasteiger partial charge in [-0.15, -0.1) is 0 Å². The number of nitro groups is 1. The Bertz CT molecular complexity index is 854. The van der Waals surface area contributed by atoms with Crippen LogP contribution in [0.15, 0.2) is 42.5 Å². The minimum absolute atomic E-state index is 0.115. The molecule has 0 radical (unpaired) electrons. The van der Waals surface area contributed by atoms with Gasteiger partial charge in [0.05, 0.1) is 21.5 Å². The van der Waals surface area contributed by atoms with Gasteiger partial charge in [0, 0.05) is 37.9 Å². The molecule has 2 aromatic carbocycles. The molecule has 0 spiro atoms. The maximum Gasteiger partial charge on any atom is 0.292 e. The zero-order chi connectivity index (χ0) is 19.4. The van der Waals surface area contributed by atoms with E-state index in [1.807, 2.05) is 17.0 Å². The third kappa shape index (κ3) is 4.88. The number of carbonyl (C=O) groups is 1. The van der Waals surface area contributed by atoms with Crippen molar-refractivity contribution in [2.45, 2.75) is 0 Å². The van der Waals surface area contributed by atoms with E-state index < -0.39 is 4.92 Å². The summed E-state index contributed by atoms with van der Waals surface area (Å²) >= 11 is 12.0. The van der Waals surface area contributed by atoms with Crippen molar-refractivity contribution in [2.75, 3.05) is 42.9 Å². The van der Waals surface area contributed by atoms with Gasteiger partial charge in [0.25, 0.3) is 5.69 Å². The fraction of sp³-hybridized carbons (Fsp3) is 0.278. The molecule has 142 valence electrons. The topological polar surface area (TPSA) is 78.7 Å². The number of halogens is 2. The second kappa shape index (κ2) is 8.56. The van der Waals surface area contributed by atoms with Gasteiger partial charge in [-0.3, -0.25) is 19.8 Å². The lowest BCUT2D eigenvalue weighted by Gasteiger charge is -2.35. The number of anilines is 2. The average molecular weight is 409 g/mol. The predicted molar refractivity (Wildman–Crippen MR) is 107 cm³/mol. The Kier molecular flexibility index (Phi) is 6.15. The SMILES string of the molecule is O=C(CN1CCN(c2ccc(Cl)c(Cl)c2)CC1)Nc1ccccc1[N+](=O)[O-]. The van der Waals surface area contributed by atoms with E-state index in [2.05, 4.69) is 10.2 Å². The van der Waals surface area contributed by atoms with Crippen molar-refractivity contribution < 1.29 is 9.72 Å². The Morgan fingerprint density at radius 3 is 2.44 bits per heavy atom. The molecule has 1 aliphatic rings. The lowest BCUT2D eigenvalue weighted by molar-refractivity contribution is -0.383. The summed E-state index contributed by atoms with van der Waals surface area (Å²) in [5, 5.41) is 14.7. The highest BCUT2D eigenvalue weighted by molar-refractivity contribution is 6.42. The lowest BCUT2D eigenvalue weighted by Crippen LogP contribution is -2.48. The fourth-order valence-electron chi connectivity index (χ4n) is 2.98. The summed E-state index contributed by atoms with van der Waals surface area (Å²) in [7, 11) is 0. The fourth-order valence-corrected chi connectivity index (χ4v) is 3.27. The molecule has 1 saturated heterocycles. The van der Waals surface area contributed by atoms with Crippen LogP contribution in [0.4, 0.5) is 17.1 Å². The van der Waals surface area contributed by atoms with Crippen LogP contribution in [0, 0.1) is 10.1 Å². The van der Waals surface area contributed by atoms with Gasteiger partial charge in [0.15, 0.2) is 0 Å². The molecule has 0 atom stereocenters. The van der Waals surface area contributed by atoms with Crippen molar-refractivity contribution in [3.05, 3.63) is 62.6 Å². The van der Waals surface area contributed by atoms with Gasteiger partial charge < -0.3 is 10.2 Å². The van der Waals surface area contributed by atoms with Crippen LogP contribution in [-0.4, -0.2) is 48.5 Å². The zero-order valence-corrected chi connectivity index (χ0v) is 15.9. The van der Waals surface area contributed by atoms with Gasteiger partial charge in [-0.25, -0.2) is 0 Å². The number of amides is 1. The van der Waals surface area contributed by atoms with Crippen LogP contribution in [0.5, 0.6) is 0 Å². The number of para-hydroxylation sites is 2. The summed E-state index contributed by atoms with van der Waals surface area (Å²) in [5.41, 5.74) is 1.09. The molecule has 0 saturated carbocycles. The van der Waals surface area contributed by atoms with Crippen molar-refractivity contribution >= 4 is 46.2 Å². The van der Waals surface area contributed by atoms with Gasteiger partial charge in [-0.2, -0.15) is 0 Å². The molecule has 9 heteroatoms. The lowest BCUT2D eigenvalue weighted by atomic mass is 10.2. The van der Waals surface area contributed by atoms with Crippen molar-refractivity contribution in [3.8, 4) is 0 Å². The number of piperazine rings is 1. The molecule has 1 heterocycles. The van der Waals surface area contributed by atoms with Crippen LogP contribution in [0.3, 0.4) is 0 Å². The molecule has 0 bridgehead atoms. The minimum atomic E-state index is -0.508. The summed E-state index contributed by atoms with van der Waals surface area (Å²) < 4.78 is 0. The first-order valence-corrected chi connectivity index (χ1v) is 9.15. The van der Waals surface area contributed by atoms with E-state index in [0.717, 1.165) is 18.8 Å². The summed E-state index contributed by atoms with van der Waals surface area (Å²) in [6, 6.07) is 11.6. The molecular formula is C18H18Cl2N4O3. The summed E-state index contributed by atoms with van der Waals surface area (Å²) in [4.78, 5) is 27.0. The quantitative estimate of drug-likeness (QED) is 0.602. The average Bonchev–Trinajstić information content (AvgIpc) is 2.65. The van der Waals surface area contributed by atoms with Crippen LogP contribution in [-0.2, 0) is 4.79 Å². The predicted octanol–water partition coefficient (Wildman–Crippen LogP) is 3.66. The molecule has 3 rings (SSSR count). The van der Waals surface area contributed by atoms with Gasteiger partial charge in [0.1, 0.15) is 5.69 Å². The maximum atomic E-state index is 12.3. The Labute approximate surface area is 166 Å². The summed E-state index contributed by atoms with van der Waals surface area (Å²) in [6.45, 7) is 3.07. The van der Waals surface area contributed by atoms with Gasteiger partial charge in [-0.05, 0) is 24.3 Å². The van der Waals surface area contributed by atoms with Crippen LogP contribution in [0.2, 0.25) is 10.0 Å². The molecule has 1 aliphatic heterocycles. The first kappa shape index (κ1) is 19.4. The normalized spacial score (nSPS) is 14.8. The first-order chi connectivity index (χ1) is 12.9. The zero-order valence-electron chi connectivity index (χ0n) is 14.4. The van der Waals surface area contributed by atoms with E-state index in [1.165, 1.54) is 12.1 Å². The molecular weight excluding hydrogens is 391 g/mol. The molecule has 0 aromatic heterocycles. The standard InChI is InChI=1S/C18H18Cl2N4O3/c19-14-6-5-13(11-15(14)20)23-9-7-22(8-10-23)12-18(25)21-16-3-1-2-4-17(16)24(26)27/h1-6,11H,7-10,12H2,(H,21,25). The number of carbonyl (C=O) groups excluding carboxylic acids is 1. The van der Waals surface area contributed by atoms with Crippen molar-refractivity contribution in [1.29, 1.82) is 0 Å². The molecule has 1 amide bonds. The van der Waals surface area contributed by atoms with Crippen molar-refractivity contribution in [2.24, 2.45) is 0 Å². The molecule has 27 heavy (non-hydrogen) atoms. The van der Waals surface area contributed by atoms with E-state index in [9.17, 15) is 14.9 Å². The number of nitrogens with zero attached hydrogens (tertiary/aromatic N) is 3. The van der Waals surface area contributed by atoms with E-state index in [1.54, 1.807) is 18.2 Å². The third-order valence-corrected chi connectivity index (χ3v) is 5.12. The summed E-state index contributed by atoms with van der Waals surface area (Å²) in [6.07, 6.45) is 0. The third-order valence-electron chi connectivity index (χ3n) is 4.38. The minimum Gasteiger partial charge on any atom is -0.369 e. The van der Waals surface area contributed by atoms with E-state index >= 15 is 0 Å². The van der Waals surface area contributed by atoms with Gasteiger partial charge >= 0.3 is 0 Å². The largest absolute Gasteiger partial charge is 0.369 e. The molecule has 1 N–H and O–H groups in total. The highest BCUT2D eigenvalue weighted by Crippen LogP contribution is 2.28. The van der Waals surface area contributed by atoms with Crippen molar-refractivity contribution in [1.82, 2.24) is 4.90 Å². The second-order valence-corrected chi connectivity index (χ2v) is 7.00. The van der Waals surface area contributed by atoms with Gasteiger partial charge in [-0.1, -0.05) is 35.3 Å². The highest BCUT2D eigenvalue weighted by Gasteiger charge is 2.21. The van der Waals surface area contributed by atoms with E-state index in [4.69, 9.17) is 23.2 Å². The van der Waals surface area contributed by atoms with Crippen LogP contribution in [0.1, 0.15) is 0 Å². The monoisotopic (exact) mass is 408 g/mol. The number of nitrogens with one attached hydrogen (secondary N) is 1. The number of benzene rings is 2. The molecule has 0 aliphatic carbocycles. The second-order valence-electron chi connectivity index (χ2n) is 6.18. The van der Waals surface area contributed by atoms with Crippen molar-refractivity contribution in [3.63, 3.8) is 0 Å². The Hall–Kier alpha value is -2.35. The number of nitro benzene ring substituents is 1. The van der Waals surface area contributed by atoms with Crippen LogP contribution >= 0.6 is 23.2 Å². The Morgan fingerprint density at radius 2 is 1.78 bits per heavy atom. The Balaban J connectivity index is 1.54. The van der Waals surface area contributed by atoms with E-state index in [-0.39, 0.29) is 23.8 Å². The number of hydrogen-bond donors (Lipinski definition) is 1. The van der Waals surface area contributed by atoms with Crippen LogP contribution in [0.25, 0.3) is 0 Å². The number of rotatable bonds is 5. The smallest absolute Gasteiger partial charge is 0.292 e. The molecule has 7 nitrogen and oxygen atoms in total. The van der Waals surface area contributed by atoms with Gasteiger partial charge in [0.2, 0.25) is 5.91 Å². The molecule has 0 unspecified atom stereocenters. The summed E-state index contributed by atoms with van der Waals surface area (Å²) in [5.74, 6) is -0.271. The number of hydrogen-bond acceptors (Lipinski definition) is 5. The van der Waals surface area contributed by atoms with E-state index in [0.29, 0.717) is 23.1 Å².